The first-order valence-electron chi connectivity index (χ1n) is 12.0. The van der Waals surface area contributed by atoms with E-state index in [1.165, 1.54) is 31.5 Å². The smallest absolute Gasteiger partial charge is 0.191 e. The van der Waals surface area contributed by atoms with Gasteiger partial charge in [0.2, 0.25) is 0 Å². The highest BCUT2D eigenvalue weighted by Gasteiger charge is 2.39. The normalized spacial score (nSPS) is 21.1. The highest BCUT2D eigenvalue weighted by molar-refractivity contribution is 5.79. The van der Waals surface area contributed by atoms with E-state index in [4.69, 9.17) is 9.73 Å². The molecule has 0 saturated carbocycles. The molecule has 1 aromatic rings. The maximum Gasteiger partial charge on any atom is 0.191 e. The Morgan fingerprint density at radius 3 is 2.35 bits per heavy atom. The lowest BCUT2D eigenvalue weighted by atomic mass is 9.86. The van der Waals surface area contributed by atoms with Crippen LogP contribution in [0.1, 0.15) is 70.6 Å². The Kier molecular flexibility index (Phi) is 8.36. The number of hydrogen-bond acceptors (Lipinski definition) is 4. The molecule has 1 aromatic carbocycles. The zero-order valence-corrected chi connectivity index (χ0v) is 19.9. The van der Waals surface area contributed by atoms with Gasteiger partial charge in [-0.2, -0.15) is 0 Å². The average Bonchev–Trinajstić information content (AvgIpc) is 3.31. The fraction of sp³-hybridized carbons (Fsp3) is 0.720. The number of guanidine groups is 1. The second-order valence-electron chi connectivity index (χ2n) is 9.99. The zero-order chi connectivity index (χ0) is 22.3. The number of aliphatic hydroxyl groups is 1. The van der Waals surface area contributed by atoms with Crippen LogP contribution in [0.15, 0.2) is 29.3 Å². The summed E-state index contributed by atoms with van der Waals surface area (Å²) in [6.45, 7) is 14.6. The van der Waals surface area contributed by atoms with E-state index < -0.39 is 6.10 Å². The van der Waals surface area contributed by atoms with E-state index in [9.17, 15) is 5.11 Å². The van der Waals surface area contributed by atoms with Gasteiger partial charge < -0.3 is 20.5 Å². The van der Waals surface area contributed by atoms with Crippen molar-refractivity contribution in [3.8, 4) is 0 Å². The van der Waals surface area contributed by atoms with Crippen LogP contribution < -0.4 is 10.6 Å². The number of benzene rings is 1. The topological polar surface area (TPSA) is 69.1 Å². The van der Waals surface area contributed by atoms with Crippen molar-refractivity contribution in [2.24, 2.45) is 4.99 Å². The van der Waals surface area contributed by atoms with Gasteiger partial charge in [0.1, 0.15) is 0 Å². The molecule has 0 radical (unpaired) electrons. The second kappa shape index (κ2) is 10.8. The lowest BCUT2D eigenvalue weighted by Gasteiger charge is -2.43. The quantitative estimate of drug-likeness (QED) is 0.458. The van der Waals surface area contributed by atoms with Crippen LogP contribution in [0.3, 0.4) is 0 Å². The van der Waals surface area contributed by atoms with Crippen LogP contribution in [0.2, 0.25) is 0 Å². The van der Waals surface area contributed by atoms with Crippen LogP contribution in [-0.4, -0.2) is 67.4 Å². The van der Waals surface area contributed by atoms with Gasteiger partial charge in [-0.3, -0.25) is 9.89 Å². The molecule has 3 N–H and O–H groups in total. The van der Waals surface area contributed by atoms with Crippen LogP contribution in [0.5, 0.6) is 0 Å². The molecule has 174 valence electrons. The Morgan fingerprint density at radius 2 is 1.77 bits per heavy atom. The monoisotopic (exact) mass is 430 g/mol. The summed E-state index contributed by atoms with van der Waals surface area (Å²) in [6, 6.07) is 8.29. The van der Waals surface area contributed by atoms with Crippen LogP contribution in [0.25, 0.3) is 0 Å². The Bertz CT molecular complexity index is 699. The summed E-state index contributed by atoms with van der Waals surface area (Å²) in [5, 5.41) is 17.4. The van der Waals surface area contributed by atoms with E-state index in [0.717, 1.165) is 50.7 Å². The van der Waals surface area contributed by atoms with Gasteiger partial charge in [-0.15, -0.1) is 0 Å². The molecule has 0 spiro atoms. The van der Waals surface area contributed by atoms with E-state index in [1.807, 2.05) is 12.1 Å². The van der Waals surface area contributed by atoms with Crippen molar-refractivity contribution in [1.29, 1.82) is 0 Å². The molecular weight excluding hydrogens is 388 g/mol. The Balaban J connectivity index is 1.62. The highest BCUT2D eigenvalue weighted by atomic mass is 16.5. The van der Waals surface area contributed by atoms with Gasteiger partial charge in [0.25, 0.3) is 0 Å². The van der Waals surface area contributed by atoms with Gasteiger partial charge in [-0.1, -0.05) is 45.0 Å². The number of rotatable bonds is 7. The van der Waals surface area contributed by atoms with Crippen molar-refractivity contribution < 1.29 is 9.84 Å². The minimum Gasteiger partial charge on any atom is -0.387 e. The molecule has 1 atom stereocenters. The Hall–Kier alpha value is -1.63. The lowest BCUT2D eigenvalue weighted by molar-refractivity contribution is -0.0139. The summed E-state index contributed by atoms with van der Waals surface area (Å²) in [5.74, 6) is 0.776. The second-order valence-corrected chi connectivity index (χ2v) is 9.99. The van der Waals surface area contributed by atoms with Gasteiger partial charge >= 0.3 is 0 Å². The molecule has 2 heterocycles. The third-order valence-electron chi connectivity index (χ3n) is 6.70. The van der Waals surface area contributed by atoms with Gasteiger partial charge in [-0.05, 0) is 62.2 Å². The number of nitrogens with zero attached hydrogens (tertiary/aromatic N) is 2. The Labute approximate surface area is 188 Å². The van der Waals surface area contributed by atoms with Crippen LogP contribution >= 0.6 is 0 Å². The van der Waals surface area contributed by atoms with Crippen molar-refractivity contribution in [2.75, 3.05) is 45.9 Å². The van der Waals surface area contributed by atoms with E-state index >= 15 is 0 Å². The largest absolute Gasteiger partial charge is 0.387 e. The summed E-state index contributed by atoms with van der Waals surface area (Å²) in [5.41, 5.74) is 2.42. The molecule has 31 heavy (non-hydrogen) atoms. The molecule has 2 aliphatic heterocycles. The van der Waals surface area contributed by atoms with Gasteiger partial charge in [0.05, 0.1) is 12.6 Å². The number of aliphatic imine (C=N–C) groups is 1. The van der Waals surface area contributed by atoms with Crippen LogP contribution in [0.4, 0.5) is 0 Å². The third-order valence-corrected chi connectivity index (χ3v) is 6.70. The minimum absolute atomic E-state index is 0.110. The van der Waals surface area contributed by atoms with Crippen molar-refractivity contribution in [3.63, 3.8) is 0 Å². The highest BCUT2D eigenvalue weighted by Crippen LogP contribution is 2.31. The molecule has 2 fully saturated rings. The van der Waals surface area contributed by atoms with E-state index in [0.29, 0.717) is 6.54 Å². The fourth-order valence-electron chi connectivity index (χ4n) is 4.60. The first kappa shape index (κ1) is 24.0. The standard InChI is InChI=1S/C25H42N4O2/c1-5-26-23(27-18-22(30)20-8-10-21(11-9-20)24(2,3)4)28-19-25(12-16-31-17-13-25)29-14-6-7-15-29/h8-11,22,30H,5-7,12-19H2,1-4H3,(H2,26,27,28). The van der Waals surface area contributed by atoms with Crippen LogP contribution in [-0.2, 0) is 10.2 Å². The van der Waals surface area contributed by atoms with Crippen LogP contribution in [0, 0.1) is 0 Å². The molecule has 2 aliphatic rings. The predicted octanol–water partition coefficient (Wildman–Crippen LogP) is 3.22. The fourth-order valence-corrected chi connectivity index (χ4v) is 4.60. The van der Waals surface area contributed by atoms with Crippen molar-refractivity contribution >= 4 is 5.96 Å². The molecule has 1 unspecified atom stereocenters. The maximum absolute atomic E-state index is 10.7. The number of likely N-dealkylation sites (tertiary alicyclic amines) is 1. The Morgan fingerprint density at radius 1 is 1.13 bits per heavy atom. The molecule has 3 rings (SSSR count). The van der Waals surface area contributed by atoms with Gasteiger partial charge in [0, 0.05) is 31.8 Å². The van der Waals surface area contributed by atoms with Crippen molar-refractivity contribution in [3.05, 3.63) is 35.4 Å². The van der Waals surface area contributed by atoms with Gasteiger partial charge in [0.15, 0.2) is 5.96 Å². The first-order chi connectivity index (χ1) is 14.8. The molecule has 0 amide bonds. The zero-order valence-electron chi connectivity index (χ0n) is 19.9. The first-order valence-corrected chi connectivity index (χ1v) is 12.0. The molecule has 0 bridgehead atoms. The third kappa shape index (κ3) is 6.43. The average molecular weight is 431 g/mol. The number of hydrogen-bond donors (Lipinski definition) is 3. The molecule has 0 aliphatic carbocycles. The summed E-state index contributed by atoms with van der Waals surface area (Å²) in [7, 11) is 0. The number of nitrogens with one attached hydrogen (secondary N) is 2. The molecule has 2 saturated heterocycles. The lowest BCUT2D eigenvalue weighted by Crippen LogP contribution is -2.54. The van der Waals surface area contributed by atoms with Gasteiger partial charge in [-0.25, -0.2) is 0 Å². The number of ether oxygens (including phenoxy) is 1. The molecular formula is C25H42N4O2. The SMILES string of the molecule is CCNC(=NCC1(N2CCCC2)CCOCC1)NCC(O)c1ccc(C(C)(C)C)cc1. The van der Waals surface area contributed by atoms with E-state index in [1.54, 1.807) is 0 Å². The molecule has 0 aromatic heterocycles. The number of aliphatic hydroxyl groups excluding tert-OH is 1. The summed E-state index contributed by atoms with van der Waals surface area (Å²) >= 11 is 0. The van der Waals surface area contributed by atoms with Crippen molar-refractivity contribution in [1.82, 2.24) is 15.5 Å². The molecule has 6 nitrogen and oxygen atoms in total. The summed E-state index contributed by atoms with van der Waals surface area (Å²) in [4.78, 5) is 7.59. The minimum atomic E-state index is -0.575. The van der Waals surface area contributed by atoms with E-state index in [2.05, 4.69) is 55.4 Å². The maximum atomic E-state index is 10.7. The summed E-state index contributed by atoms with van der Waals surface area (Å²) in [6.07, 6.45) is 4.07. The van der Waals surface area contributed by atoms with Crippen molar-refractivity contribution in [2.45, 2.75) is 70.4 Å². The predicted molar refractivity (Wildman–Crippen MR) is 128 cm³/mol. The molecule has 6 heteroatoms. The summed E-state index contributed by atoms with van der Waals surface area (Å²) < 4.78 is 5.66. The van der Waals surface area contributed by atoms with E-state index in [-0.39, 0.29) is 11.0 Å².